The summed E-state index contributed by atoms with van der Waals surface area (Å²) in [6, 6.07) is 7.29. The SMILES string of the molecule is CN(C)c1ccc(N)cc1C(=O)OCCc1ccsc1. The van der Waals surface area contributed by atoms with Gasteiger partial charge in [-0.15, -0.1) is 0 Å². The molecule has 1 aromatic heterocycles. The summed E-state index contributed by atoms with van der Waals surface area (Å²) in [6.07, 6.45) is 0.731. The van der Waals surface area contributed by atoms with Crippen LogP contribution in [0.25, 0.3) is 0 Å². The Hall–Kier alpha value is -2.01. The summed E-state index contributed by atoms with van der Waals surface area (Å²) in [5.41, 5.74) is 8.79. The van der Waals surface area contributed by atoms with Gasteiger partial charge in [-0.3, -0.25) is 0 Å². The van der Waals surface area contributed by atoms with Crippen molar-refractivity contribution in [1.29, 1.82) is 0 Å². The molecular weight excluding hydrogens is 272 g/mol. The van der Waals surface area contributed by atoms with Gasteiger partial charge in [0.2, 0.25) is 0 Å². The lowest BCUT2D eigenvalue weighted by molar-refractivity contribution is 0.0510. The number of hydrogen-bond acceptors (Lipinski definition) is 5. The summed E-state index contributed by atoms with van der Waals surface area (Å²) in [5.74, 6) is -0.337. The minimum atomic E-state index is -0.337. The first kappa shape index (κ1) is 14.4. The van der Waals surface area contributed by atoms with Crippen LogP contribution in [0.1, 0.15) is 15.9 Å². The molecule has 0 spiro atoms. The lowest BCUT2D eigenvalue weighted by atomic mass is 10.1. The van der Waals surface area contributed by atoms with Crippen LogP contribution in [0.2, 0.25) is 0 Å². The van der Waals surface area contributed by atoms with Gasteiger partial charge >= 0.3 is 5.97 Å². The molecule has 0 radical (unpaired) electrons. The van der Waals surface area contributed by atoms with Gasteiger partial charge < -0.3 is 15.4 Å². The number of benzene rings is 1. The molecular formula is C15H18N2O2S. The lowest BCUT2D eigenvalue weighted by Gasteiger charge is -2.17. The highest BCUT2D eigenvalue weighted by molar-refractivity contribution is 7.07. The van der Waals surface area contributed by atoms with Crippen LogP contribution < -0.4 is 10.6 Å². The molecule has 0 atom stereocenters. The van der Waals surface area contributed by atoms with Crippen LogP contribution in [0.4, 0.5) is 11.4 Å². The Morgan fingerprint density at radius 3 is 2.80 bits per heavy atom. The van der Waals surface area contributed by atoms with Gasteiger partial charge in [0.25, 0.3) is 0 Å². The Balaban J connectivity index is 2.03. The minimum Gasteiger partial charge on any atom is -0.462 e. The summed E-state index contributed by atoms with van der Waals surface area (Å²) in [6.45, 7) is 0.372. The fraction of sp³-hybridized carbons (Fsp3) is 0.267. The van der Waals surface area contributed by atoms with Crippen molar-refractivity contribution in [2.75, 3.05) is 31.3 Å². The molecule has 2 aromatic rings. The first-order valence-electron chi connectivity index (χ1n) is 6.33. The van der Waals surface area contributed by atoms with Gasteiger partial charge in [0.05, 0.1) is 17.9 Å². The molecule has 0 aliphatic heterocycles. The van der Waals surface area contributed by atoms with Crippen molar-refractivity contribution < 1.29 is 9.53 Å². The molecule has 106 valence electrons. The zero-order chi connectivity index (χ0) is 14.5. The maximum absolute atomic E-state index is 12.1. The van der Waals surface area contributed by atoms with Crippen LogP contribution in [0.5, 0.6) is 0 Å². The average Bonchev–Trinajstić information content (AvgIpc) is 2.91. The average molecular weight is 290 g/mol. The lowest BCUT2D eigenvalue weighted by Crippen LogP contribution is -2.16. The van der Waals surface area contributed by atoms with Crippen molar-refractivity contribution in [2.24, 2.45) is 0 Å². The molecule has 2 N–H and O–H groups in total. The van der Waals surface area contributed by atoms with Gasteiger partial charge in [0.15, 0.2) is 0 Å². The predicted octanol–water partition coefficient (Wildman–Crippen LogP) is 2.80. The third kappa shape index (κ3) is 3.51. The number of esters is 1. The van der Waals surface area contributed by atoms with Gasteiger partial charge in [-0.1, -0.05) is 0 Å². The largest absolute Gasteiger partial charge is 0.462 e. The van der Waals surface area contributed by atoms with Crippen LogP contribution in [0.3, 0.4) is 0 Å². The highest BCUT2D eigenvalue weighted by Gasteiger charge is 2.14. The standard InChI is InChI=1S/C15H18N2O2S/c1-17(2)14-4-3-12(16)9-13(14)15(18)19-7-5-11-6-8-20-10-11/h3-4,6,8-10H,5,7,16H2,1-2H3. The van der Waals surface area contributed by atoms with Gasteiger partial charge in [-0.25, -0.2) is 4.79 Å². The number of anilines is 2. The second kappa shape index (κ2) is 6.43. The van der Waals surface area contributed by atoms with E-state index in [1.807, 2.05) is 36.5 Å². The van der Waals surface area contributed by atoms with Crippen LogP contribution >= 0.6 is 11.3 Å². The van der Waals surface area contributed by atoms with Crippen molar-refractivity contribution >= 4 is 28.7 Å². The molecule has 0 saturated carbocycles. The van der Waals surface area contributed by atoms with E-state index in [0.717, 1.165) is 12.1 Å². The van der Waals surface area contributed by atoms with E-state index in [0.29, 0.717) is 17.9 Å². The van der Waals surface area contributed by atoms with Crippen molar-refractivity contribution in [2.45, 2.75) is 6.42 Å². The molecule has 0 saturated heterocycles. The van der Waals surface area contributed by atoms with Gasteiger partial charge in [0, 0.05) is 26.2 Å². The number of nitrogens with zero attached hydrogens (tertiary/aromatic N) is 1. The number of nitrogens with two attached hydrogens (primary N) is 1. The first-order chi connectivity index (χ1) is 9.58. The second-order valence-electron chi connectivity index (χ2n) is 4.69. The third-order valence-electron chi connectivity index (χ3n) is 2.93. The van der Waals surface area contributed by atoms with Crippen molar-refractivity contribution in [3.63, 3.8) is 0 Å². The summed E-state index contributed by atoms with van der Waals surface area (Å²) in [7, 11) is 3.77. The summed E-state index contributed by atoms with van der Waals surface area (Å²) >= 11 is 1.64. The summed E-state index contributed by atoms with van der Waals surface area (Å²) in [5, 5.41) is 4.07. The number of thiophene rings is 1. The smallest absolute Gasteiger partial charge is 0.340 e. The van der Waals surface area contributed by atoms with E-state index in [1.54, 1.807) is 23.5 Å². The van der Waals surface area contributed by atoms with E-state index in [2.05, 4.69) is 5.38 Å². The van der Waals surface area contributed by atoms with E-state index in [-0.39, 0.29) is 5.97 Å². The molecule has 1 aromatic carbocycles. The number of nitrogen functional groups attached to an aromatic ring is 1. The quantitative estimate of drug-likeness (QED) is 0.679. The summed E-state index contributed by atoms with van der Waals surface area (Å²) < 4.78 is 5.33. The van der Waals surface area contributed by atoms with Gasteiger partial charge in [-0.05, 0) is 40.6 Å². The van der Waals surface area contributed by atoms with Gasteiger partial charge in [0.1, 0.15) is 0 Å². The number of rotatable bonds is 5. The van der Waals surface area contributed by atoms with Crippen LogP contribution in [-0.4, -0.2) is 26.7 Å². The zero-order valence-electron chi connectivity index (χ0n) is 11.6. The Labute approximate surface area is 122 Å². The van der Waals surface area contributed by atoms with E-state index >= 15 is 0 Å². The molecule has 2 rings (SSSR count). The minimum absolute atomic E-state index is 0.337. The van der Waals surface area contributed by atoms with Crippen molar-refractivity contribution in [1.82, 2.24) is 0 Å². The van der Waals surface area contributed by atoms with Gasteiger partial charge in [-0.2, -0.15) is 11.3 Å². The maximum atomic E-state index is 12.1. The number of carbonyl (C=O) groups is 1. The van der Waals surface area contributed by atoms with E-state index < -0.39 is 0 Å². The Kier molecular flexibility index (Phi) is 4.63. The van der Waals surface area contributed by atoms with Crippen LogP contribution in [0, 0.1) is 0 Å². The predicted molar refractivity (Wildman–Crippen MR) is 83.5 cm³/mol. The number of carbonyl (C=O) groups excluding carboxylic acids is 1. The van der Waals surface area contributed by atoms with Crippen LogP contribution in [0.15, 0.2) is 35.0 Å². The molecule has 0 aliphatic rings. The highest BCUT2D eigenvalue weighted by atomic mass is 32.1. The molecule has 4 nitrogen and oxygen atoms in total. The van der Waals surface area contributed by atoms with E-state index in [4.69, 9.17) is 10.5 Å². The molecule has 0 aliphatic carbocycles. The second-order valence-corrected chi connectivity index (χ2v) is 5.47. The molecule has 5 heteroatoms. The zero-order valence-corrected chi connectivity index (χ0v) is 12.4. The monoisotopic (exact) mass is 290 g/mol. The molecule has 0 unspecified atom stereocenters. The first-order valence-corrected chi connectivity index (χ1v) is 7.27. The van der Waals surface area contributed by atoms with Crippen LogP contribution in [-0.2, 0) is 11.2 Å². The highest BCUT2D eigenvalue weighted by Crippen LogP contribution is 2.22. The fourth-order valence-corrected chi connectivity index (χ4v) is 2.58. The Morgan fingerprint density at radius 1 is 1.35 bits per heavy atom. The normalized spacial score (nSPS) is 10.3. The molecule has 20 heavy (non-hydrogen) atoms. The number of hydrogen-bond donors (Lipinski definition) is 1. The Bertz CT molecular complexity index is 580. The number of ether oxygens (including phenoxy) is 1. The topological polar surface area (TPSA) is 55.6 Å². The third-order valence-corrected chi connectivity index (χ3v) is 3.66. The summed E-state index contributed by atoms with van der Waals surface area (Å²) in [4.78, 5) is 14.0. The molecule has 0 fully saturated rings. The molecule has 0 amide bonds. The van der Waals surface area contributed by atoms with E-state index in [1.165, 1.54) is 5.56 Å². The molecule has 0 bridgehead atoms. The Morgan fingerprint density at radius 2 is 2.15 bits per heavy atom. The van der Waals surface area contributed by atoms with E-state index in [9.17, 15) is 4.79 Å². The van der Waals surface area contributed by atoms with Crippen molar-refractivity contribution in [3.05, 3.63) is 46.2 Å². The maximum Gasteiger partial charge on any atom is 0.340 e. The molecule has 1 heterocycles. The fourth-order valence-electron chi connectivity index (χ4n) is 1.88. The van der Waals surface area contributed by atoms with Crippen molar-refractivity contribution in [3.8, 4) is 0 Å².